The first-order valence-electron chi connectivity index (χ1n) is 4.56. The van der Waals surface area contributed by atoms with Gasteiger partial charge in [-0.2, -0.15) is 0 Å². The van der Waals surface area contributed by atoms with Gasteiger partial charge in [0.05, 0.1) is 0 Å². The molecule has 0 bridgehead atoms. The highest BCUT2D eigenvalue weighted by atomic mass is 79.9. The molecule has 1 aromatic rings. The molecule has 1 aromatic carbocycles. The van der Waals surface area contributed by atoms with Crippen molar-refractivity contribution in [2.24, 2.45) is 0 Å². The summed E-state index contributed by atoms with van der Waals surface area (Å²) in [5.41, 5.74) is 6.71. The molecule has 0 fully saturated rings. The van der Waals surface area contributed by atoms with Gasteiger partial charge in [0.2, 0.25) is 0 Å². The molecule has 0 atom stereocenters. The number of anilines is 1. The van der Waals surface area contributed by atoms with Crippen molar-refractivity contribution in [3.8, 4) is 0 Å². The Labute approximate surface area is 97.8 Å². The Balaban J connectivity index is 2.45. The summed E-state index contributed by atoms with van der Waals surface area (Å²) in [5, 5.41) is 3.13. The van der Waals surface area contributed by atoms with Crippen molar-refractivity contribution in [2.45, 2.75) is 11.3 Å². The summed E-state index contributed by atoms with van der Waals surface area (Å²) in [7, 11) is 1.97. The maximum absolute atomic E-state index is 5.85. The van der Waals surface area contributed by atoms with E-state index < -0.39 is 0 Å². The molecule has 0 aliphatic carbocycles. The first-order chi connectivity index (χ1) is 6.74. The van der Waals surface area contributed by atoms with Gasteiger partial charge >= 0.3 is 0 Å². The second kappa shape index (κ2) is 6.32. The fourth-order valence-electron chi connectivity index (χ4n) is 1.06. The van der Waals surface area contributed by atoms with Crippen LogP contribution in [0, 0.1) is 0 Å². The Morgan fingerprint density at radius 3 is 3.00 bits per heavy atom. The fraction of sp³-hybridized carbons (Fsp3) is 0.400. The Morgan fingerprint density at radius 2 is 2.29 bits per heavy atom. The number of halogens is 1. The first kappa shape index (κ1) is 11.9. The normalized spacial score (nSPS) is 10.4. The Kier molecular flexibility index (Phi) is 5.37. The van der Waals surface area contributed by atoms with Crippen LogP contribution >= 0.6 is 27.7 Å². The minimum absolute atomic E-state index is 0.864. The summed E-state index contributed by atoms with van der Waals surface area (Å²) < 4.78 is 1.09. The van der Waals surface area contributed by atoms with Crippen LogP contribution in [0.3, 0.4) is 0 Å². The van der Waals surface area contributed by atoms with E-state index >= 15 is 0 Å². The zero-order chi connectivity index (χ0) is 10.4. The van der Waals surface area contributed by atoms with Gasteiger partial charge in [-0.15, -0.1) is 11.8 Å². The lowest BCUT2D eigenvalue weighted by atomic mass is 10.3. The molecule has 0 unspecified atom stereocenters. The van der Waals surface area contributed by atoms with Crippen molar-refractivity contribution in [1.29, 1.82) is 0 Å². The van der Waals surface area contributed by atoms with Gasteiger partial charge in [-0.3, -0.25) is 0 Å². The topological polar surface area (TPSA) is 38.0 Å². The van der Waals surface area contributed by atoms with Crippen molar-refractivity contribution in [1.82, 2.24) is 5.32 Å². The number of nitrogen functional groups attached to an aromatic ring is 1. The van der Waals surface area contributed by atoms with Crippen LogP contribution in [0.1, 0.15) is 6.42 Å². The molecule has 0 saturated carbocycles. The zero-order valence-electron chi connectivity index (χ0n) is 8.22. The standard InChI is InChI=1S/C10H15BrN2S/c1-13-5-2-6-14-10-7-8(11)3-4-9(10)12/h3-4,7,13H,2,5-6,12H2,1H3. The number of hydrogen-bond acceptors (Lipinski definition) is 3. The summed E-state index contributed by atoms with van der Waals surface area (Å²) in [6.45, 7) is 1.06. The molecule has 0 heterocycles. The van der Waals surface area contributed by atoms with Crippen molar-refractivity contribution in [3.05, 3.63) is 22.7 Å². The molecule has 4 heteroatoms. The van der Waals surface area contributed by atoms with Gasteiger partial charge < -0.3 is 11.1 Å². The maximum atomic E-state index is 5.85. The number of rotatable bonds is 5. The molecule has 0 aliphatic rings. The number of benzene rings is 1. The van der Waals surface area contributed by atoms with Gasteiger partial charge in [-0.1, -0.05) is 15.9 Å². The second-order valence-electron chi connectivity index (χ2n) is 2.99. The van der Waals surface area contributed by atoms with E-state index in [1.54, 1.807) is 11.8 Å². The lowest BCUT2D eigenvalue weighted by Crippen LogP contribution is -2.08. The lowest BCUT2D eigenvalue weighted by molar-refractivity contribution is 0.778. The van der Waals surface area contributed by atoms with Crippen LogP contribution in [0.4, 0.5) is 5.69 Å². The number of hydrogen-bond donors (Lipinski definition) is 2. The summed E-state index contributed by atoms with van der Waals surface area (Å²) in [5.74, 6) is 1.10. The molecule has 3 N–H and O–H groups in total. The van der Waals surface area contributed by atoms with Crippen LogP contribution in [-0.4, -0.2) is 19.3 Å². The molecule has 0 radical (unpaired) electrons. The van der Waals surface area contributed by atoms with E-state index in [1.165, 1.54) is 0 Å². The van der Waals surface area contributed by atoms with Gasteiger partial charge in [0.25, 0.3) is 0 Å². The molecule has 0 saturated heterocycles. The molecule has 0 spiro atoms. The highest BCUT2D eigenvalue weighted by Crippen LogP contribution is 2.28. The van der Waals surface area contributed by atoms with Crippen LogP contribution in [0.15, 0.2) is 27.6 Å². The van der Waals surface area contributed by atoms with Gasteiger partial charge in [-0.25, -0.2) is 0 Å². The predicted molar refractivity (Wildman–Crippen MR) is 67.8 cm³/mol. The third-order valence-corrected chi connectivity index (χ3v) is 3.45. The molecular formula is C10H15BrN2S. The molecule has 1 rings (SSSR count). The van der Waals surface area contributed by atoms with Crippen LogP contribution in [0.5, 0.6) is 0 Å². The predicted octanol–water partition coefficient (Wildman–Crippen LogP) is 2.73. The third-order valence-electron chi connectivity index (χ3n) is 1.80. The van der Waals surface area contributed by atoms with Crippen LogP contribution in [0.25, 0.3) is 0 Å². The molecular weight excluding hydrogens is 260 g/mol. The number of thioether (sulfide) groups is 1. The maximum Gasteiger partial charge on any atom is 0.0453 e. The van der Waals surface area contributed by atoms with Crippen LogP contribution in [-0.2, 0) is 0 Å². The van der Waals surface area contributed by atoms with Crippen molar-refractivity contribution in [3.63, 3.8) is 0 Å². The SMILES string of the molecule is CNCCCSc1cc(Br)ccc1N. The number of nitrogens with one attached hydrogen (secondary N) is 1. The zero-order valence-corrected chi connectivity index (χ0v) is 10.6. The molecule has 0 amide bonds. The highest BCUT2D eigenvalue weighted by Gasteiger charge is 2.00. The quantitative estimate of drug-likeness (QED) is 0.493. The first-order valence-corrected chi connectivity index (χ1v) is 6.34. The average Bonchev–Trinajstić information content (AvgIpc) is 2.18. The van der Waals surface area contributed by atoms with Crippen molar-refractivity contribution >= 4 is 33.4 Å². The van der Waals surface area contributed by atoms with Crippen molar-refractivity contribution in [2.75, 3.05) is 25.1 Å². The summed E-state index contributed by atoms with van der Waals surface area (Å²) in [4.78, 5) is 1.16. The van der Waals surface area contributed by atoms with Crippen LogP contribution in [0.2, 0.25) is 0 Å². The van der Waals surface area contributed by atoms with Crippen LogP contribution < -0.4 is 11.1 Å². The Bertz CT molecular complexity index is 291. The third kappa shape index (κ3) is 3.90. The Morgan fingerprint density at radius 1 is 1.50 bits per heavy atom. The van der Waals surface area contributed by atoms with E-state index in [4.69, 9.17) is 5.73 Å². The van der Waals surface area contributed by atoms with E-state index in [0.29, 0.717) is 0 Å². The van der Waals surface area contributed by atoms with E-state index in [9.17, 15) is 0 Å². The van der Waals surface area contributed by atoms with Gasteiger partial charge in [0, 0.05) is 15.1 Å². The summed E-state index contributed by atoms with van der Waals surface area (Å²) >= 11 is 5.24. The molecule has 78 valence electrons. The lowest BCUT2D eigenvalue weighted by Gasteiger charge is -2.05. The summed E-state index contributed by atoms with van der Waals surface area (Å²) in [6, 6.07) is 5.97. The smallest absolute Gasteiger partial charge is 0.0453 e. The Hall–Kier alpha value is -0.190. The van der Waals surface area contributed by atoms with Gasteiger partial charge in [-0.05, 0) is 44.0 Å². The monoisotopic (exact) mass is 274 g/mol. The minimum Gasteiger partial charge on any atom is -0.398 e. The van der Waals surface area contributed by atoms with Crippen molar-refractivity contribution < 1.29 is 0 Å². The minimum atomic E-state index is 0.864. The molecule has 14 heavy (non-hydrogen) atoms. The summed E-state index contributed by atoms with van der Waals surface area (Å²) in [6.07, 6.45) is 1.16. The van der Waals surface area contributed by atoms with Gasteiger partial charge in [0.15, 0.2) is 0 Å². The van der Waals surface area contributed by atoms with E-state index in [1.807, 2.05) is 19.2 Å². The van der Waals surface area contributed by atoms with E-state index in [0.717, 1.165) is 33.8 Å². The second-order valence-corrected chi connectivity index (χ2v) is 5.04. The number of nitrogens with two attached hydrogens (primary N) is 1. The molecule has 0 aromatic heterocycles. The molecule has 0 aliphatic heterocycles. The van der Waals surface area contributed by atoms with E-state index in [-0.39, 0.29) is 0 Å². The molecule has 2 nitrogen and oxygen atoms in total. The fourth-order valence-corrected chi connectivity index (χ4v) is 2.53. The largest absolute Gasteiger partial charge is 0.398 e. The highest BCUT2D eigenvalue weighted by molar-refractivity contribution is 9.10. The van der Waals surface area contributed by atoms with Gasteiger partial charge in [0.1, 0.15) is 0 Å². The van der Waals surface area contributed by atoms with E-state index in [2.05, 4.69) is 27.3 Å². The average molecular weight is 275 g/mol.